The zero-order chi connectivity index (χ0) is 23.2. The third-order valence-corrected chi connectivity index (χ3v) is 6.84. The normalized spacial score (nSPS) is 14.0. The van der Waals surface area contributed by atoms with Crippen molar-refractivity contribution in [2.45, 2.75) is 26.8 Å². The van der Waals surface area contributed by atoms with Crippen LogP contribution in [0.5, 0.6) is 0 Å². The molecule has 3 rings (SSSR count). The molecule has 0 aromatic heterocycles. The zero-order valence-corrected chi connectivity index (χ0v) is 19.5. The molecular formula is C21H15Cl4NO5. The van der Waals surface area contributed by atoms with Gasteiger partial charge in [0.15, 0.2) is 12.4 Å². The zero-order valence-electron chi connectivity index (χ0n) is 16.5. The van der Waals surface area contributed by atoms with Gasteiger partial charge in [-0.25, -0.2) is 4.79 Å². The quantitative estimate of drug-likeness (QED) is 0.181. The first-order valence-corrected chi connectivity index (χ1v) is 10.5. The van der Waals surface area contributed by atoms with Crippen LogP contribution in [0.1, 0.15) is 49.1 Å². The number of hydrogen-bond donors (Lipinski definition) is 0. The molecule has 0 saturated carbocycles. The van der Waals surface area contributed by atoms with E-state index in [4.69, 9.17) is 51.1 Å². The van der Waals surface area contributed by atoms with E-state index in [1.807, 2.05) is 13.8 Å². The SMILES string of the molecule is Cc1ccc(C(=O)COC(=O)[C@H](C)N2C(=O)c3c(Cl)c(Cl)c(Cl)c(Cl)c3C2=O)cc1C. The van der Waals surface area contributed by atoms with Gasteiger partial charge in [0.25, 0.3) is 11.8 Å². The van der Waals surface area contributed by atoms with Crippen molar-refractivity contribution >= 4 is 70.0 Å². The van der Waals surface area contributed by atoms with Crippen LogP contribution in [-0.4, -0.2) is 41.1 Å². The highest BCUT2D eigenvalue weighted by molar-refractivity contribution is 6.55. The second-order valence-electron chi connectivity index (χ2n) is 6.99. The molecule has 0 N–H and O–H groups in total. The average Bonchev–Trinajstić information content (AvgIpc) is 3.00. The van der Waals surface area contributed by atoms with Crippen molar-refractivity contribution in [3.05, 3.63) is 66.1 Å². The molecule has 0 radical (unpaired) electrons. The Hall–Kier alpha value is -2.12. The van der Waals surface area contributed by atoms with E-state index in [1.54, 1.807) is 18.2 Å². The minimum absolute atomic E-state index is 0.177. The van der Waals surface area contributed by atoms with E-state index in [1.165, 1.54) is 6.92 Å². The smallest absolute Gasteiger partial charge is 0.329 e. The van der Waals surface area contributed by atoms with Crippen LogP contribution in [0.4, 0.5) is 0 Å². The van der Waals surface area contributed by atoms with Crippen molar-refractivity contribution < 1.29 is 23.9 Å². The Morgan fingerprint density at radius 1 is 0.903 bits per heavy atom. The van der Waals surface area contributed by atoms with Gasteiger partial charge in [-0.2, -0.15) is 0 Å². The number of aryl methyl sites for hydroxylation is 2. The summed E-state index contributed by atoms with van der Waals surface area (Å²) in [5.41, 5.74) is 1.84. The monoisotopic (exact) mass is 501 g/mol. The van der Waals surface area contributed by atoms with Gasteiger partial charge in [-0.3, -0.25) is 19.3 Å². The van der Waals surface area contributed by atoms with Gasteiger partial charge in [-0.1, -0.05) is 58.5 Å². The van der Waals surface area contributed by atoms with Crippen LogP contribution in [0, 0.1) is 13.8 Å². The van der Waals surface area contributed by atoms with E-state index in [-0.39, 0.29) is 31.2 Å². The molecule has 0 saturated heterocycles. The maximum absolute atomic E-state index is 12.8. The van der Waals surface area contributed by atoms with Crippen molar-refractivity contribution in [2.24, 2.45) is 0 Å². The van der Waals surface area contributed by atoms with E-state index in [0.717, 1.165) is 11.1 Å². The van der Waals surface area contributed by atoms with Crippen molar-refractivity contribution in [1.82, 2.24) is 4.90 Å². The van der Waals surface area contributed by atoms with Crippen molar-refractivity contribution in [2.75, 3.05) is 6.61 Å². The first-order valence-electron chi connectivity index (χ1n) is 8.98. The molecule has 2 aromatic carbocycles. The summed E-state index contributed by atoms with van der Waals surface area (Å²) in [5, 5.41) is -0.830. The van der Waals surface area contributed by atoms with Gasteiger partial charge in [0.2, 0.25) is 0 Å². The number of benzene rings is 2. The number of halogens is 4. The summed E-state index contributed by atoms with van der Waals surface area (Å²) < 4.78 is 5.05. The number of rotatable bonds is 5. The lowest BCUT2D eigenvalue weighted by molar-refractivity contribution is -0.146. The number of ether oxygens (including phenoxy) is 1. The molecule has 1 aliphatic heterocycles. The van der Waals surface area contributed by atoms with Crippen molar-refractivity contribution in [3.8, 4) is 0 Å². The number of hydrogen-bond acceptors (Lipinski definition) is 5. The van der Waals surface area contributed by atoms with Crippen LogP contribution in [-0.2, 0) is 9.53 Å². The number of carbonyl (C=O) groups is 4. The molecule has 0 spiro atoms. The number of esters is 1. The Morgan fingerprint density at radius 3 is 1.90 bits per heavy atom. The van der Waals surface area contributed by atoms with Crippen LogP contribution in [0.25, 0.3) is 0 Å². The maximum Gasteiger partial charge on any atom is 0.329 e. The van der Waals surface area contributed by atoms with Gasteiger partial charge in [0, 0.05) is 5.56 Å². The molecule has 0 unspecified atom stereocenters. The number of carbonyl (C=O) groups excluding carboxylic acids is 4. The lowest BCUT2D eigenvalue weighted by Gasteiger charge is -2.20. The highest BCUT2D eigenvalue weighted by atomic mass is 35.5. The maximum atomic E-state index is 12.8. The van der Waals surface area contributed by atoms with Crippen molar-refractivity contribution in [1.29, 1.82) is 0 Å². The minimum Gasteiger partial charge on any atom is -0.456 e. The van der Waals surface area contributed by atoms with Gasteiger partial charge in [0.05, 0.1) is 31.2 Å². The van der Waals surface area contributed by atoms with E-state index >= 15 is 0 Å². The first-order chi connectivity index (χ1) is 14.5. The highest BCUT2D eigenvalue weighted by Crippen LogP contribution is 2.45. The summed E-state index contributed by atoms with van der Waals surface area (Å²) in [5.74, 6) is -3.10. The number of amides is 2. The Balaban J connectivity index is 1.78. The van der Waals surface area contributed by atoms with Gasteiger partial charge in [-0.05, 0) is 38.0 Å². The fraction of sp³-hybridized carbons (Fsp3) is 0.238. The van der Waals surface area contributed by atoms with Gasteiger partial charge < -0.3 is 4.74 Å². The second-order valence-corrected chi connectivity index (χ2v) is 8.50. The number of ketones is 1. The Kier molecular flexibility index (Phi) is 6.67. The summed E-state index contributed by atoms with van der Waals surface area (Å²) in [6.07, 6.45) is 0. The molecule has 6 nitrogen and oxygen atoms in total. The Labute approximate surface area is 197 Å². The fourth-order valence-electron chi connectivity index (χ4n) is 3.08. The van der Waals surface area contributed by atoms with Crippen LogP contribution in [0.3, 0.4) is 0 Å². The van der Waals surface area contributed by atoms with Crippen LogP contribution in [0.15, 0.2) is 18.2 Å². The topological polar surface area (TPSA) is 80.8 Å². The molecule has 0 bridgehead atoms. The summed E-state index contributed by atoms with van der Waals surface area (Å²) >= 11 is 24.1. The Bertz CT molecular complexity index is 1110. The number of nitrogens with zero attached hydrogens (tertiary/aromatic N) is 1. The molecule has 2 amide bonds. The summed E-state index contributed by atoms with van der Waals surface area (Å²) in [4.78, 5) is 51.1. The second kappa shape index (κ2) is 8.79. The molecule has 0 aliphatic carbocycles. The van der Waals surface area contributed by atoms with Crippen LogP contribution in [0.2, 0.25) is 20.1 Å². The number of Topliss-reactive ketones (excluding diaryl/α,β-unsaturated/α-hetero) is 1. The summed E-state index contributed by atoms with van der Waals surface area (Å²) in [6.45, 7) is 4.51. The molecule has 31 heavy (non-hydrogen) atoms. The van der Waals surface area contributed by atoms with Crippen LogP contribution < -0.4 is 0 Å². The van der Waals surface area contributed by atoms with Gasteiger partial charge in [-0.15, -0.1) is 0 Å². The Morgan fingerprint density at radius 2 is 1.42 bits per heavy atom. The van der Waals surface area contributed by atoms with E-state index < -0.39 is 36.2 Å². The van der Waals surface area contributed by atoms with E-state index in [2.05, 4.69) is 0 Å². The first kappa shape index (κ1) is 23.5. The minimum atomic E-state index is -1.34. The van der Waals surface area contributed by atoms with Crippen LogP contribution >= 0.6 is 46.4 Å². The molecule has 0 fully saturated rings. The molecule has 2 aromatic rings. The number of fused-ring (bicyclic) bond motifs is 1. The third kappa shape index (κ3) is 4.05. The average molecular weight is 503 g/mol. The third-order valence-electron chi connectivity index (χ3n) is 5.04. The molecule has 162 valence electrons. The standard InChI is InChI=1S/C21H15Cl4NO5/c1-8-4-5-11(6-9(8)2)12(27)7-31-21(30)10(3)26-19(28)13-14(20(26)29)16(23)18(25)17(24)15(13)22/h4-6,10H,7H2,1-3H3/t10-/m0/s1. The lowest BCUT2D eigenvalue weighted by atomic mass is 10.0. The molecule has 1 heterocycles. The highest BCUT2D eigenvalue weighted by Gasteiger charge is 2.45. The summed E-state index contributed by atoms with van der Waals surface area (Å²) in [7, 11) is 0. The van der Waals surface area contributed by atoms with E-state index in [9.17, 15) is 19.2 Å². The molecular weight excluding hydrogens is 488 g/mol. The fourth-order valence-corrected chi connectivity index (χ4v) is 4.09. The largest absolute Gasteiger partial charge is 0.456 e. The molecule has 1 aliphatic rings. The molecule has 1 atom stereocenters. The van der Waals surface area contributed by atoms with Gasteiger partial charge >= 0.3 is 5.97 Å². The number of imide groups is 1. The van der Waals surface area contributed by atoms with Gasteiger partial charge in [0.1, 0.15) is 6.04 Å². The summed E-state index contributed by atoms with van der Waals surface area (Å²) in [6, 6.07) is 3.76. The predicted molar refractivity (Wildman–Crippen MR) is 118 cm³/mol. The lowest BCUT2D eigenvalue weighted by Crippen LogP contribution is -2.44. The van der Waals surface area contributed by atoms with Crippen molar-refractivity contribution in [3.63, 3.8) is 0 Å². The molecule has 10 heteroatoms. The van der Waals surface area contributed by atoms with E-state index in [0.29, 0.717) is 10.5 Å². The predicted octanol–water partition coefficient (Wildman–Crippen LogP) is 5.33.